The van der Waals surface area contributed by atoms with Gasteiger partial charge in [0.15, 0.2) is 0 Å². The lowest BCUT2D eigenvalue weighted by Crippen LogP contribution is -2.30. The van der Waals surface area contributed by atoms with E-state index in [4.69, 9.17) is 11.5 Å². The summed E-state index contributed by atoms with van der Waals surface area (Å²) in [6.45, 7) is 0.124. The van der Waals surface area contributed by atoms with E-state index in [9.17, 15) is 4.79 Å². The predicted octanol–water partition coefficient (Wildman–Crippen LogP) is 1.76. The van der Waals surface area contributed by atoms with E-state index in [0.29, 0.717) is 0 Å². The third-order valence-electron chi connectivity index (χ3n) is 2.57. The highest BCUT2D eigenvalue weighted by Crippen LogP contribution is 2.24. The van der Waals surface area contributed by atoms with Crippen LogP contribution in [0, 0.1) is 12.3 Å². The number of hydrogen-bond donors (Lipinski definition) is 1. The van der Waals surface area contributed by atoms with Crippen LogP contribution in [-0.2, 0) is 4.79 Å². The van der Waals surface area contributed by atoms with Gasteiger partial charge >= 0.3 is 5.97 Å². The lowest BCUT2D eigenvalue weighted by atomic mass is 10.1. The average Bonchev–Trinajstić information content (AvgIpc) is 2.37. The van der Waals surface area contributed by atoms with Crippen molar-refractivity contribution in [2.45, 2.75) is 0 Å². The number of fused-ring (bicyclic) bond motifs is 1. The second-order valence-electron chi connectivity index (χ2n) is 3.80. The molecule has 18 heavy (non-hydrogen) atoms. The van der Waals surface area contributed by atoms with Gasteiger partial charge in [0, 0.05) is 17.3 Å². The van der Waals surface area contributed by atoms with Crippen LogP contribution in [0.15, 0.2) is 36.5 Å². The molecule has 90 valence electrons. The third kappa shape index (κ3) is 2.41. The maximum absolute atomic E-state index is 10.9. The van der Waals surface area contributed by atoms with Crippen LogP contribution in [0.3, 0.4) is 0 Å². The van der Waals surface area contributed by atoms with E-state index in [-0.39, 0.29) is 13.1 Å². The van der Waals surface area contributed by atoms with Gasteiger partial charge in [0.25, 0.3) is 0 Å². The molecule has 0 unspecified atom stereocenters. The van der Waals surface area contributed by atoms with Gasteiger partial charge in [-0.2, -0.15) is 0 Å². The van der Waals surface area contributed by atoms with Crippen molar-refractivity contribution < 1.29 is 9.90 Å². The van der Waals surface area contributed by atoms with Crippen molar-refractivity contribution in [3.05, 3.63) is 36.5 Å². The fourth-order valence-corrected chi connectivity index (χ4v) is 1.86. The maximum atomic E-state index is 10.9. The monoisotopic (exact) mass is 240 g/mol. The van der Waals surface area contributed by atoms with Gasteiger partial charge < -0.3 is 10.0 Å². The van der Waals surface area contributed by atoms with Crippen LogP contribution in [-0.4, -0.2) is 29.1 Å². The first-order valence-electron chi connectivity index (χ1n) is 5.46. The lowest BCUT2D eigenvalue weighted by Gasteiger charge is -2.21. The smallest absolute Gasteiger partial charge is 0.323 e. The topological polar surface area (TPSA) is 53.4 Å². The highest BCUT2D eigenvalue weighted by molar-refractivity contribution is 5.92. The molecule has 0 amide bonds. The summed E-state index contributed by atoms with van der Waals surface area (Å²) in [5.74, 6) is 1.57. The molecule has 0 atom stereocenters. The van der Waals surface area contributed by atoms with Crippen LogP contribution in [0.4, 0.5) is 5.69 Å². The molecule has 0 fully saturated rings. The van der Waals surface area contributed by atoms with Crippen molar-refractivity contribution >= 4 is 22.6 Å². The molecule has 0 bridgehead atoms. The summed E-state index contributed by atoms with van der Waals surface area (Å²) in [5.41, 5.74) is 1.61. The Morgan fingerprint density at radius 2 is 2.17 bits per heavy atom. The van der Waals surface area contributed by atoms with Crippen LogP contribution in [0.5, 0.6) is 0 Å². The number of carboxylic acid groups (broad SMARTS) is 1. The Labute approximate surface area is 105 Å². The van der Waals surface area contributed by atoms with Crippen molar-refractivity contribution in [2.24, 2.45) is 0 Å². The number of carbonyl (C=O) groups is 1. The highest BCUT2D eigenvalue weighted by Gasteiger charge is 2.12. The van der Waals surface area contributed by atoms with Gasteiger partial charge in [-0.05, 0) is 12.1 Å². The summed E-state index contributed by atoms with van der Waals surface area (Å²) in [6.07, 6.45) is 6.94. The van der Waals surface area contributed by atoms with Crippen LogP contribution in [0.1, 0.15) is 0 Å². The summed E-state index contributed by atoms with van der Waals surface area (Å²) in [4.78, 5) is 16.8. The Hall–Kier alpha value is -2.54. The summed E-state index contributed by atoms with van der Waals surface area (Å²) in [5, 5.41) is 9.82. The lowest BCUT2D eigenvalue weighted by molar-refractivity contribution is -0.135. The number of aromatic nitrogens is 1. The Balaban J connectivity index is 2.50. The van der Waals surface area contributed by atoms with Crippen molar-refractivity contribution in [3.8, 4) is 12.3 Å². The highest BCUT2D eigenvalue weighted by atomic mass is 16.4. The summed E-state index contributed by atoms with van der Waals surface area (Å²) >= 11 is 0. The fraction of sp³-hybridized carbons (Fsp3) is 0.143. The molecule has 1 aromatic heterocycles. The van der Waals surface area contributed by atoms with E-state index < -0.39 is 5.97 Å². The summed E-state index contributed by atoms with van der Waals surface area (Å²) in [7, 11) is 0. The molecule has 0 spiro atoms. The van der Waals surface area contributed by atoms with Gasteiger partial charge in [0.2, 0.25) is 0 Å². The number of pyridine rings is 1. The summed E-state index contributed by atoms with van der Waals surface area (Å²) in [6, 6.07) is 9.35. The number of terminal acetylenes is 1. The minimum atomic E-state index is -0.911. The molecule has 0 radical (unpaired) electrons. The molecule has 4 heteroatoms. The van der Waals surface area contributed by atoms with Crippen LogP contribution in [0.25, 0.3) is 10.9 Å². The quantitative estimate of drug-likeness (QED) is 0.827. The SMILES string of the molecule is C#CCN(CC(=O)O)c1ccnc2ccccc12. The number of rotatable bonds is 4. The molecule has 0 aliphatic rings. The van der Waals surface area contributed by atoms with Gasteiger partial charge in [-0.25, -0.2) is 0 Å². The number of anilines is 1. The van der Waals surface area contributed by atoms with Gasteiger partial charge in [0.05, 0.1) is 12.1 Å². The zero-order chi connectivity index (χ0) is 13.0. The molecule has 1 heterocycles. The Morgan fingerprint density at radius 1 is 1.39 bits per heavy atom. The van der Waals surface area contributed by atoms with Gasteiger partial charge in [0.1, 0.15) is 6.54 Å². The zero-order valence-electron chi connectivity index (χ0n) is 9.71. The molecule has 0 saturated carbocycles. The van der Waals surface area contributed by atoms with Gasteiger partial charge in [-0.3, -0.25) is 9.78 Å². The fourth-order valence-electron chi connectivity index (χ4n) is 1.86. The zero-order valence-corrected chi connectivity index (χ0v) is 9.71. The molecule has 0 aliphatic carbocycles. The van der Waals surface area contributed by atoms with Gasteiger partial charge in [-0.15, -0.1) is 6.42 Å². The minimum absolute atomic E-state index is 0.127. The molecule has 1 aromatic carbocycles. The first-order valence-corrected chi connectivity index (χ1v) is 5.46. The molecular formula is C14H12N2O2. The largest absolute Gasteiger partial charge is 0.480 e. The first-order chi connectivity index (χ1) is 8.72. The maximum Gasteiger partial charge on any atom is 0.323 e. The molecule has 0 aliphatic heterocycles. The van der Waals surface area contributed by atoms with Crippen molar-refractivity contribution in [3.63, 3.8) is 0 Å². The molecule has 2 aromatic rings. The van der Waals surface area contributed by atoms with Gasteiger partial charge in [-0.1, -0.05) is 24.1 Å². The number of benzene rings is 1. The first kappa shape index (κ1) is 11.9. The predicted molar refractivity (Wildman–Crippen MR) is 70.4 cm³/mol. The minimum Gasteiger partial charge on any atom is -0.480 e. The average molecular weight is 240 g/mol. The number of hydrogen-bond acceptors (Lipinski definition) is 3. The van der Waals surface area contributed by atoms with E-state index in [1.165, 1.54) is 0 Å². The third-order valence-corrected chi connectivity index (χ3v) is 2.57. The van der Waals surface area contributed by atoms with Crippen LogP contribution in [0.2, 0.25) is 0 Å². The van der Waals surface area contributed by atoms with E-state index in [1.54, 1.807) is 17.2 Å². The van der Waals surface area contributed by atoms with E-state index in [0.717, 1.165) is 16.6 Å². The normalized spacial score (nSPS) is 9.94. The second kappa shape index (κ2) is 5.19. The van der Waals surface area contributed by atoms with Crippen LogP contribution >= 0.6 is 0 Å². The van der Waals surface area contributed by atoms with Crippen molar-refractivity contribution in [1.29, 1.82) is 0 Å². The van der Waals surface area contributed by atoms with Crippen molar-refractivity contribution in [2.75, 3.05) is 18.0 Å². The molecule has 0 saturated heterocycles. The molecular weight excluding hydrogens is 228 g/mol. The molecule has 4 nitrogen and oxygen atoms in total. The van der Waals surface area contributed by atoms with E-state index >= 15 is 0 Å². The van der Waals surface area contributed by atoms with E-state index in [1.807, 2.05) is 24.3 Å². The Kier molecular flexibility index (Phi) is 3.44. The van der Waals surface area contributed by atoms with Crippen molar-refractivity contribution in [1.82, 2.24) is 4.98 Å². The number of carboxylic acids is 1. The number of aliphatic carboxylic acids is 1. The van der Waals surface area contributed by atoms with Crippen LogP contribution < -0.4 is 4.90 Å². The molecule has 1 N–H and O–H groups in total. The standard InChI is InChI=1S/C14H12N2O2/c1-2-9-16(10-14(17)18)13-7-8-15-12-6-4-3-5-11(12)13/h1,3-8H,9-10H2,(H,17,18). The summed E-state index contributed by atoms with van der Waals surface area (Å²) < 4.78 is 0. The molecule has 2 rings (SSSR count). The Morgan fingerprint density at radius 3 is 2.89 bits per heavy atom. The second-order valence-corrected chi connectivity index (χ2v) is 3.80. The Bertz CT molecular complexity index is 611. The number of nitrogens with zero attached hydrogens (tertiary/aromatic N) is 2. The number of para-hydroxylation sites is 1. The van der Waals surface area contributed by atoms with E-state index in [2.05, 4.69) is 10.9 Å².